The Kier molecular flexibility index (Phi) is 5.07. The minimum Gasteiger partial charge on any atom is -0.480 e. The first-order valence-electron chi connectivity index (χ1n) is 7.03. The van der Waals surface area contributed by atoms with Crippen LogP contribution in [0.2, 0.25) is 5.02 Å². The fourth-order valence-electron chi connectivity index (χ4n) is 2.43. The summed E-state index contributed by atoms with van der Waals surface area (Å²) in [6, 6.07) is 4.79. The smallest absolute Gasteiger partial charge is 0.260 e. The Labute approximate surface area is 128 Å². The summed E-state index contributed by atoms with van der Waals surface area (Å²) in [4.78, 5) is 23.5. The van der Waals surface area contributed by atoms with Crippen molar-refractivity contribution in [2.24, 2.45) is 5.73 Å². The van der Waals surface area contributed by atoms with E-state index in [2.05, 4.69) is 5.32 Å². The van der Waals surface area contributed by atoms with Crippen LogP contribution < -0.4 is 15.8 Å². The minimum atomic E-state index is -0.704. The second kappa shape index (κ2) is 6.80. The third kappa shape index (κ3) is 4.11. The average molecular weight is 311 g/mol. The summed E-state index contributed by atoms with van der Waals surface area (Å²) in [6.45, 7) is 1.64. The monoisotopic (exact) mass is 310 g/mol. The number of benzene rings is 1. The maximum atomic E-state index is 12.1. The van der Waals surface area contributed by atoms with E-state index in [0.717, 1.165) is 25.7 Å². The molecule has 0 heterocycles. The summed E-state index contributed by atoms with van der Waals surface area (Å²) >= 11 is 5.83. The largest absolute Gasteiger partial charge is 0.480 e. The van der Waals surface area contributed by atoms with Gasteiger partial charge in [-0.2, -0.15) is 0 Å². The summed E-state index contributed by atoms with van der Waals surface area (Å²) in [5.74, 6) is -0.566. The van der Waals surface area contributed by atoms with Gasteiger partial charge in [0, 0.05) is 11.1 Å². The lowest BCUT2D eigenvalue weighted by molar-refractivity contribution is -0.128. The number of hydrogen-bond acceptors (Lipinski definition) is 3. The van der Waals surface area contributed by atoms with Crippen LogP contribution in [0.25, 0.3) is 0 Å². The normalized spacial score (nSPS) is 16.5. The van der Waals surface area contributed by atoms with E-state index in [1.54, 1.807) is 19.1 Å². The van der Waals surface area contributed by atoms with E-state index in [9.17, 15) is 9.59 Å². The van der Waals surface area contributed by atoms with E-state index >= 15 is 0 Å². The van der Waals surface area contributed by atoms with Crippen molar-refractivity contribution in [1.29, 1.82) is 0 Å². The molecule has 114 valence electrons. The van der Waals surface area contributed by atoms with E-state index in [4.69, 9.17) is 22.1 Å². The van der Waals surface area contributed by atoms with Gasteiger partial charge in [0.2, 0.25) is 0 Å². The number of nitrogens with one attached hydrogen (secondary N) is 1. The van der Waals surface area contributed by atoms with Crippen LogP contribution in [0, 0.1) is 0 Å². The van der Waals surface area contributed by atoms with Gasteiger partial charge in [0.05, 0.1) is 5.56 Å². The Morgan fingerprint density at radius 1 is 1.38 bits per heavy atom. The molecule has 1 aromatic carbocycles. The predicted molar refractivity (Wildman–Crippen MR) is 80.5 cm³/mol. The number of amides is 2. The maximum absolute atomic E-state index is 12.1. The zero-order valence-corrected chi connectivity index (χ0v) is 12.7. The summed E-state index contributed by atoms with van der Waals surface area (Å²) in [6.07, 6.45) is 3.59. The number of carbonyl (C=O) groups excluding carboxylic acids is 2. The van der Waals surface area contributed by atoms with Crippen molar-refractivity contribution in [3.63, 3.8) is 0 Å². The summed E-state index contributed by atoms with van der Waals surface area (Å²) in [5, 5.41) is 3.34. The quantitative estimate of drug-likeness (QED) is 0.875. The summed E-state index contributed by atoms with van der Waals surface area (Å²) < 4.78 is 5.56. The summed E-state index contributed by atoms with van der Waals surface area (Å²) in [7, 11) is 0. The molecule has 1 aliphatic carbocycles. The first kappa shape index (κ1) is 15.6. The first-order chi connectivity index (χ1) is 9.97. The third-order valence-electron chi connectivity index (χ3n) is 3.58. The molecule has 0 saturated heterocycles. The van der Waals surface area contributed by atoms with E-state index in [1.165, 1.54) is 6.07 Å². The van der Waals surface area contributed by atoms with Crippen molar-refractivity contribution < 1.29 is 14.3 Å². The highest BCUT2D eigenvalue weighted by molar-refractivity contribution is 6.31. The maximum Gasteiger partial charge on any atom is 0.260 e. The van der Waals surface area contributed by atoms with Crippen LogP contribution in [0.5, 0.6) is 5.75 Å². The van der Waals surface area contributed by atoms with Crippen molar-refractivity contribution >= 4 is 23.4 Å². The lowest BCUT2D eigenvalue weighted by Crippen LogP contribution is -2.41. The fraction of sp³-hybridized carbons (Fsp3) is 0.467. The average Bonchev–Trinajstić information content (AvgIpc) is 2.93. The molecule has 2 rings (SSSR count). The number of nitrogens with two attached hydrogens (primary N) is 1. The van der Waals surface area contributed by atoms with Gasteiger partial charge in [-0.3, -0.25) is 9.59 Å². The number of carbonyl (C=O) groups is 2. The molecule has 0 spiro atoms. The molecular formula is C15H19ClN2O3. The molecule has 21 heavy (non-hydrogen) atoms. The van der Waals surface area contributed by atoms with Gasteiger partial charge in [0.25, 0.3) is 11.8 Å². The lowest BCUT2D eigenvalue weighted by Gasteiger charge is -2.19. The molecule has 0 unspecified atom stereocenters. The number of halogens is 1. The van der Waals surface area contributed by atoms with Crippen molar-refractivity contribution in [3.8, 4) is 5.75 Å². The van der Waals surface area contributed by atoms with Crippen LogP contribution in [0.4, 0.5) is 0 Å². The molecule has 1 fully saturated rings. The number of hydrogen-bond donors (Lipinski definition) is 2. The van der Waals surface area contributed by atoms with Gasteiger partial charge < -0.3 is 15.8 Å². The Morgan fingerprint density at radius 3 is 2.67 bits per heavy atom. The molecule has 1 saturated carbocycles. The second-order valence-corrected chi connectivity index (χ2v) is 5.69. The van der Waals surface area contributed by atoms with Crippen LogP contribution in [-0.4, -0.2) is 24.0 Å². The molecule has 5 nitrogen and oxygen atoms in total. The van der Waals surface area contributed by atoms with E-state index in [0.29, 0.717) is 5.02 Å². The Morgan fingerprint density at radius 2 is 2.05 bits per heavy atom. The number of primary amides is 1. The highest BCUT2D eigenvalue weighted by atomic mass is 35.5. The van der Waals surface area contributed by atoms with Crippen molar-refractivity contribution in [2.45, 2.75) is 44.8 Å². The van der Waals surface area contributed by atoms with Crippen molar-refractivity contribution in [2.75, 3.05) is 0 Å². The van der Waals surface area contributed by atoms with Crippen molar-refractivity contribution in [1.82, 2.24) is 5.32 Å². The second-order valence-electron chi connectivity index (χ2n) is 5.25. The van der Waals surface area contributed by atoms with Crippen LogP contribution in [0.3, 0.4) is 0 Å². The van der Waals surface area contributed by atoms with Gasteiger partial charge in [-0.1, -0.05) is 24.4 Å². The Bertz CT molecular complexity index is 542. The lowest BCUT2D eigenvalue weighted by atomic mass is 10.2. The molecule has 0 radical (unpaired) electrons. The standard InChI is InChI=1S/C15H19ClN2O3/c1-9(15(20)18-11-4-2-3-5-11)21-13-7-6-10(16)8-12(13)14(17)19/h6-9,11H,2-5H2,1H3,(H2,17,19)(H,18,20)/t9-/m0/s1. The zero-order valence-electron chi connectivity index (χ0n) is 11.9. The van der Waals surface area contributed by atoms with Crippen LogP contribution in [0.15, 0.2) is 18.2 Å². The molecule has 6 heteroatoms. The SMILES string of the molecule is C[C@H](Oc1ccc(Cl)cc1C(N)=O)C(=O)NC1CCCC1. The third-order valence-corrected chi connectivity index (χ3v) is 3.82. The molecule has 2 amide bonds. The molecule has 0 aliphatic heterocycles. The van der Waals surface area contributed by atoms with Gasteiger partial charge in [0.15, 0.2) is 6.10 Å². The Hall–Kier alpha value is -1.75. The van der Waals surface area contributed by atoms with E-state index in [-0.39, 0.29) is 23.3 Å². The van der Waals surface area contributed by atoms with Gasteiger partial charge in [0.1, 0.15) is 5.75 Å². The van der Waals surface area contributed by atoms with Gasteiger partial charge in [-0.15, -0.1) is 0 Å². The number of rotatable bonds is 5. The predicted octanol–water partition coefficient (Wildman–Crippen LogP) is 2.26. The van der Waals surface area contributed by atoms with E-state index < -0.39 is 12.0 Å². The Balaban J connectivity index is 2.03. The van der Waals surface area contributed by atoms with Gasteiger partial charge in [-0.25, -0.2) is 0 Å². The van der Waals surface area contributed by atoms with Gasteiger partial charge in [-0.05, 0) is 38.0 Å². The van der Waals surface area contributed by atoms with E-state index in [1.807, 2.05) is 0 Å². The highest BCUT2D eigenvalue weighted by Crippen LogP contribution is 2.24. The highest BCUT2D eigenvalue weighted by Gasteiger charge is 2.22. The molecule has 0 aromatic heterocycles. The number of ether oxygens (including phenoxy) is 1. The fourth-order valence-corrected chi connectivity index (χ4v) is 2.60. The molecule has 0 bridgehead atoms. The molecule has 3 N–H and O–H groups in total. The summed E-state index contributed by atoms with van der Waals surface area (Å²) in [5.41, 5.74) is 5.46. The minimum absolute atomic E-state index is 0.169. The molecule has 1 atom stereocenters. The topological polar surface area (TPSA) is 81.4 Å². The zero-order chi connectivity index (χ0) is 15.4. The molecular weight excluding hydrogens is 292 g/mol. The van der Waals surface area contributed by atoms with Crippen LogP contribution in [0.1, 0.15) is 43.0 Å². The molecule has 1 aromatic rings. The van der Waals surface area contributed by atoms with Crippen LogP contribution in [-0.2, 0) is 4.79 Å². The van der Waals surface area contributed by atoms with Crippen LogP contribution >= 0.6 is 11.6 Å². The van der Waals surface area contributed by atoms with Crippen molar-refractivity contribution in [3.05, 3.63) is 28.8 Å². The molecule has 1 aliphatic rings. The van der Waals surface area contributed by atoms with Gasteiger partial charge >= 0.3 is 0 Å². The first-order valence-corrected chi connectivity index (χ1v) is 7.41.